The summed E-state index contributed by atoms with van der Waals surface area (Å²) in [5, 5.41) is -0.176. The molecule has 0 spiro atoms. The number of hydrogen-bond donors (Lipinski definition) is 0. The van der Waals surface area contributed by atoms with Crippen LogP contribution in [0, 0.1) is 0 Å². The molecule has 0 saturated heterocycles. The van der Waals surface area contributed by atoms with E-state index in [-0.39, 0.29) is 5.31 Å². The van der Waals surface area contributed by atoms with Gasteiger partial charge in [0.1, 0.15) is 5.76 Å². The average Bonchev–Trinajstić information content (AvgIpc) is 2.92. The summed E-state index contributed by atoms with van der Waals surface area (Å²) in [6.45, 7) is 1.58. The van der Waals surface area contributed by atoms with Gasteiger partial charge in [-0.3, -0.25) is 4.57 Å². The van der Waals surface area contributed by atoms with Crippen LogP contribution in [0.25, 0.3) is 5.57 Å². The molecule has 6 nitrogen and oxygen atoms in total. The van der Waals surface area contributed by atoms with Crippen molar-refractivity contribution in [3.63, 3.8) is 0 Å². The summed E-state index contributed by atoms with van der Waals surface area (Å²) < 4.78 is 31.8. The molecule has 0 amide bonds. The summed E-state index contributed by atoms with van der Waals surface area (Å²) in [4.78, 5) is 11.8. The summed E-state index contributed by atoms with van der Waals surface area (Å²) in [6.07, 6.45) is 1.44. The van der Waals surface area contributed by atoms with E-state index in [1.807, 2.05) is 0 Å². The van der Waals surface area contributed by atoms with Crippen LogP contribution in [0.2, 0.25) is 0 Å². The monoisotopic (exact) mass is 274 g/mol. The zero-order valence-corrected chi connectivity index (χ0v) is 11.5. The van der Waals surface area contributed by atoms with Gasteiger partial charge in [-0.1, -0.05) is 0 Å². The van der Waals surface area contributed by atoms with Gasteiger partial charge in [0.05, 0.1) is 13.4 Å². The molecule has 0 aromatic carbocycles. The summed E-state index contributed by atoms with van der Waals surface area (Å²) >= 11 is 0. The van der Waals surface area contributed by atoms with Crippen molar-refractivity contribution in [1.82, 2.24) is 0 Å². The molecule has 18 heavy (non-hydrogen) atoms. The Balaban J connectivity index is 3.43. The number of rotatable bonds is 5. The Labute approximate surface area is 105 Å². The Morgan fingerprint density at radius 2 is 1.89 bits per heavy atom. The van der Waals surface area contributed by atoms with Gasteiger partial charge in [0.2, 0.25) is 0 Å². The lowest BCUT2D eigenvalue weighted by Crippen LogP contribution is -2.09. The maximum atomic E-state index is 12.3. The fourth-order valence-electron chi connectivity index (χ4n) is 1.43. The van der Waals surface area contributed by atoms with E-state index in [1.54, 1.807) is 19.1 Å². The number of esters is 1. The number of furan rings is 1. The lowest BCUT2D eigenvalue weighted by Gasteiger charge is -2.17. The van der Waals surface area contributed by atoms with Gasteiger partial charge in [-0.15, -0.1) is 0 Å². The minimum Gasteiger partial charge on any atom is -0.465 e. The Hall–Kier alpha value is -1.36. The first kappa shape index (κ1) is 14.7. The molecule has 0 aliphatic heterocycles. The van der Waals surface area contributed by atoms with Gasteiger partial charge in [0.15, 0.2) is 5.31 Å². The van der Waals surface area contributed by atoms with Crippen LogP contribution in [0.4, 0.5) is 0 Å². The molecular weight excluding hydrogens is 259 g/mol. The Morgan fingerprint density at radius 3 is 2.28 bits per heavy atom. The quantitative estimate of drug-likeness (QED) is 0.467. The van der Waals surface area contributed by atoms with Gasteiger partial charge >= 0.3 is 13.6 Å². The molecule has 7 heteroatoms. The van der Waals surface area contributed by atoms with Crippen LogP contribution in [-0.2, 0) is 23.1 Å². The normalized spacial score (nSPS) is 13.1. The third kappa shape index (κ3) is 2.72. The molecule has 0 aliphatic rings. The Morgan fingerprint density at radius 1 is 1.28 bits per heavy atom. The molecule has 1 aromatic rings. The van der Waals surface area contributed by atoms with E-state index in [9.17, 15) is 9.36 Å². The zero-order chi connectivity index (χ0) is 13.8. The molecule has 0 bridgehead atoms. The topological polar surface area (TPSA) is 75.0 Å². The van der Waals surface area contributed by atoms with Crippen molar-refractivity contribution in [3.05, 3.63) is 29.5 Å². The molecule has 1 aromatic heterocycles. The second-order valence-electron chi connectivity index (χ2n) is 3.31. The van der Waals surface area contributed by atoms with Gasteiger partial charge in [-0.05, 0) is 19.1 Å². The molecule has 0 aliphatic carbocycles. The largest absolute Gasteiger partial charge is 0.465 e. The molecule has 0 unspecified atom stereocenters. The number of ether oxygens (including phenoxy) is 1. The number of hydrogen-bond acceptors (Lipinski definition) is 6. The van der Waals surface area contributed by atoms with Gasteiger partial charge < -0.3 is 18.2 Å². The van der Waals surface area contributed by atoms with Crippen molar-refractivity contribution < 1.29 is 27.6 Å². The van der Waals surface area contributed by atoms with E-state index in [1.165, 1.54) is 27.6 Å². The van der Waals surface area contributed by atoms with Crippen LogP contribution >= 0.6 is 7.60 Å². The number of carbonyl (C=O) groups excluding carboxylic acids is 1. The lowest BCUT2D eigenvalue weighted by molar-refractivity contribution is -0.135. The second kappa shape index (κ2) is 6.00. The first-order chi connectivity index (χ1) is 8.50. The Kier molecular flexibility index (Phi) is 4.90. The van der Waals surface area contributed by atoms with Crippen molar-refractivity contribution in [2.75, 3.05) is 21.3 Å². The van der Waals surface area contributed by atoms with Crippen LogP contribution in [-0.4, -0.2) is 27.3 Å². The van der Waals surface area contributed by atoms with Crippen LogP contribution in [0.15, 0.2) is 28.1 Å². The van der Waals surface area contributed by atoms with Crippen molar-refractivity contribution in [3.8, 4) is 0 Å². The van der Waals surface area contributed by atoms with Crippen LogP contribution < -0.4 is 0 Å². The summed E-state index contributed by atoms with van der Waals surface area (Å²) in [5.41, 5.74) is 0.346. The minimum atomic E-state index is -3.72. The summed E-state index contributed by atoms with van der Waals surface area (Å²) in [6, 6.07) is 3.28. The third-order valence-corrected chi connectivity index (χ3v) is 4.41. The van der Waals surface area contributed by atoms with E-state index in [0.29, 0.717) is 11.3 Å². The minimum absolute atomic E-state index is 0.176. The van der Waals surface area contributed by atoms with Gasteiger partial charge in [0.25, 0.3) is 0 Å². The summed E-state index contributed by atoms with van der Waals surface area (Å²) in [5.74, 6) is -0.388. The number of allylic oxidation sites excluding steroid dienone is 1. The maximum absolute atomic E-state index is 12.3. The summed E-state index contributed by atoms with van der Waals surface area (Å²) in [7, 11) is -0.134. The molecular formula is C11H15O6P. The van der Waals surface area contributed by atoms with Crippen LogP contribution in [0.1, 0.15) is 12.7 Å². The van der Waals surface area contributed by atoms with Crippen molar-refractivity contribution >= 4 is 19.1 Å². The van der Waals surface area contributed by atoms with Crippen molar-refractivity contribution in [1.29, 1.82) is 0 Å². The standard InChI is InChI=1S/C11H15O6P/c1-8(9-6-5-7-17-9)10(11(12)14-2)18(13,15-3)16-4/h5-7H,1-4H3/b10-8-. The van der Waals surface area contributed by atoms with E-state index < -0.39 is 13.6 Å². The molecule has 0 fully saturated rings. The van der Waals surface area contributed by atoms with Gasteiger partial charge in [-0.25, -0.2) is 4.79 Å². The fourth-order valence-corrected chi connectivity index (χ4v) is 2.78. The fraction of sp³-hybridized carbons (Fsp3) is 0.364. The SMILES string of the molecule is COC(=O)/C(=C(\C)c1ccco1)P(=O)(OC)OC. The molecule has 0 radical (unpaired) electrons. The van der Waals surface area contributed by atoms with Crippen molar-refractivity contribution in [2.45, 2.75) is 6.92 Å². The molecule has 1 rings (SSSR count). The van der Waals surface area contributed by atoms with E-state index in [2.05, 4.69) is 4.74 Å². The average molecular weight is 274 g/mol. The van der Waals surface area contributed by atoms with Crippen LogP contribution in [0.3, 0.4) is 0 Å². The van der Waals surface area contributed by atoms with Gasteiger partial charge in [-0.2, -0.15) is 0 Å². The lowest BCUT2D eigenvalue weighted by atomic mass is 10.2. The molecule has 0 atom stereocenters. The van der Waals surface area contributed by atoms with E-state index in [4.69, 9.17) is 13.5 Å². The highest BCUT2D eigenvalue weighted by Crippen LogP contribution is 2.57. The predicted octanol–water partition coefficient (Wildman–Crippen LogP) is 2.67. The number of carbonyl (C=O) groups is 1. The molecule has 100 valence electrons. The smallest absolute Gasteiger partial charge is 0.368 e. The zero-order valence-electron chi connectivity index (χ0n) is 10.6. The molecule has 1 heterocycles. The molecule has 0 N–H and O–H groups in total. The Bertz CT molecular complexity index is 480. The first-order valence-corrected chi connectivity index (χ1v) is 6.59. The second-order valence-corrected chi connectivity index (χ2v) is 5.48. The highest BCUT2D eigenvalue weighted by Gasteiger charge is 2.37. The third-order valence-electron chi connectivity index (χ3n) is 2.38. The highest BCUT2D eigenvalue weighted by atomic mass is 31.2. The highest BCUT2D eigenvalue weighted by molar-refractivity contribution is 7.60. The maximum Gasteiger partial charge on any atom is 0.368 e. The first-order valence-electron chi connectivity index (χ1n) is 5.05. The predicted molar refractivity (Wildman–Crippen MR) is 64.9 cm³/mol. The van der Waals surface area contributed by atoms with Crippen molar-refractivity contribution in [2.24, 2.45) is 0 Å². The molecule has 0 saturated carbocycles. The van der Waals surface area contributed by atoms with Crippen LogP contribution in [0.5, 0.6) is 0 Å². The number of methoxy groups -OCH3 is 1. The van der Waals surface area contributed by atoms with E-state index >= 15 is 0 Å². The van der Waals surface area contributed by atoms with E-state index in [0.717, 1.165) is 0 Å². The van der Waals surface area contributed by atoms with Gasteiger partial charge in [0, 0.05) is 19.8 Å².